The Kier molecular flexibility index (Phi) is 3.49. The third-order valence-corrected chi connectivity index (χ3v) is 5.50. The third kappa shape index (κ3) is 2.22. The first-order valence-corrected chi connectivity index (χ1v) is 8.44. The number of nitrogens with zero attached hydrogens (tertiary/aromatic N) is 4. The Morgan fingerprint density at radius 2 is 2.22 bits per heavy atom. The van der Waals surface area contributed by atoms with Crippen LogP contribution in [-0.2, 0) is 0 Å². The van der Waals surface area contributed by atoms with Crippen LogP contribution >= 0.6 is 22.9 Å². The zero-order valence-electron chi connectivity index (χ0n) is 12.8. The second kappa shape index (κ2) is 5.30. The van der Waals surface area contributed by atoms with Crippen LogP contribution in [0.4, 0.5) is 10.2 Å². The molecule has 0 aliphatic carbocycles. The van der Waals surface area contributed by atoms with E-state index in [1.807, 2.05) is 29.9 Å². The summed E-state index contributed by atoms with van der Waals surface area (Å²) in [4.78, 5) is 20.8. The molecule has 3 heterocycles. The molecule has 1 atom stereocenters. The molecule has 0 N–H and O–H groups in total. The van der Waals surface area contributed by atoms with E-state index in [2.05, 4.69) is 14.8 Å². The molecule has 0 saturated carbocycles. The fraction of sp³-hybridized carbons (Fsp3) is 0.467. The average molecular weight is 430 g/mol. The number of ether oxygens (including phenoxy) is 1. The highest BCUT2D eigenvalue weighted by atomic mass is 127. The van der Waals surface area contributed by atoms with E-state index in [-0.39, 0.29) is 23.3 Å². The average Bonchev–Trinajstić information content (AvgIpc) is 2.67. The molecule has 2 aromatic rings. The Morgan fingerprint density at radius 1 is 1.43 bits per heavy atom. The van der Waals surface area contributed by atoms with Crippen molar-refractivity contribution < 1.29 is 9.13 Å². The molecule has 1 aromatic carbocycles. The number of aromatic nitrogens is 2. The predicted octanol–water partition coefficient (Wildman–Crippen LogP) is 1.55. The van der Waals surface area contributed by atoms with Crippen molar-refractivity contribution in [2.45, 2.75) is 13.0 Å². The standard InChI is InChI=1S/C15H16FIN4O2/c1-8-5-10-11-13(12(8)16)23-7-9-6-19(2)3-4-20(9)14(11)18-15(22)21(10)17/h5,9H,3-4,6-7H2,1-2H3. The Hall–Kier alpha value is -1.42. The van der Waals surface area contributed by atoms with Crippen LogP contribution in [0.3, 0.4) is 0 Å². The smallest absolute Gasteiger partial charge is 0.359 e. The Bertz CT molecular complexity index is 869. The van der Waals surface area contributed by atoms with Gasteiger partial charge in [0, 0.05) is 19.6 Å². The van der Waals surface area contributed by atoms with Crippen molar-refractivity contribution in [2.75, 3.05) is 38.2 Å². The lowest BCUT2D eigenvalue weighted by Crippen LogP contribution is -2.54. The first-order valence-electron chi connectivity index (χ1n) is 7.47. The largest absolute Gasteiger partial charge is 0.487 e. The third-order valence-electron chi connectivity index (χ3n) is 4.56. The Labute approximate surface area is 146 Å². The summed E-state index contributed by atoms with van der Waals surface area (Å²) >= 11 is 1.91. The SMILES string of the molecule is Cc1cc2c3c(nc(=O)n2I)N2CCN(C)CC2COc3c1F. The Balaban J connectivity index is 2.06. The number of likely N-dealkylation sites (N-methyl/N-ethyl adjacent to an activating group) is 1. The van der Waals surface area contributed by atoms with Crippen molar-refractivity contribution in [3.8, 4) is 5.75 Å². The van der Waals surface area contributed by atoms with Crippen LogP contribution in [0.15, 0.2) is 10.9 Å². The van der Waals surface area contributed by atoms with E-state index in [0.29, 0.717) is 28.9 Å². The van der Waals surface area contributed by atoms with Crippen molar-refractivity contribution in [3.05, 3.63) is 27.9 Å². The number of benzene rings is 1. The van der Waals surface area contributed by atoms with E-state index in [1.165, 1.54) is 2.78 Å². The number of hydrogen-bond donors (Lipinski definition) is 0. The lowest BCUT2D eigenvalue weighted by Gasteiger charge is -2.39. The molecular weight excluding hydrogens is 414 g/mol. The minimum Gasteiger partial charge on any atom is -0.487 e. The normalized spacial score (nSPS) is 21.0. The molecule has 2 aliphatic heterocycles. The predicted molar refractivity (Wildman–Crippen MR) is 94.2 cm³/mol. The number of hydrogen-bond acceptors (Lipinski definition) is 5. The van der Waals surface area contributed by atoms with Crippen molar-refractivity contribution in [2.24, 2.45) is 0 Å². The summed E-state index contributed by atoms with van der Waals surface area (Å²) in [6, 6.07) is 1.74. The molecule has 8 heteroatoms. The van der Waals surface area contributed by atoms with E-state index < -0.39 is 0 Å². The summed E-state index contributed by atoms with van der Waals surface area (Å²) in [5.74, 6) is 0.385. The number of aryl methyl sites for hydroxylation is 1. The summed E-state index contributed by atoms with van der Waals surface area (Å²) in [6.45, 7) is 4.47. The fourth-order valence-electron chi connectivity index (χ4n) is 3.37. The van der Waals surface area contributed by atoms with Gasteiger partial charge in [-0.2, -0.15) is 4.98 Å². The second-order valence-corrected chi connectivity index (χ2v) is 7.11. The summed E-state index contributed by atoms with van der Waals surface area (Å²) in [6.07, 6.45) is 0. The molecule has 0 amide bonds. The number of fused-ring (bicyclic) bond motifs is 2. The van der Waals surface area contributed by atoms with Gasteiger partial charge in [0.1, 0.15) is 12.4 Å². The van der Waals surface area contributed by atoms with Gasteiger partial charge in [-0.15, -0.1) is 0 Å². The van der Waals surface area contributed by atoms with Crippen LogP contribution in [0.25, 0.3) is 10.9 Å². The minimum atomic E-state index is -0.371. The van der Waals surface area contributed by atoms with E-state index >= 15 is 0 Å². The molecule has 0 radical (unpaired) electrons. The maximum atomic E-state index is 14.6. The quantitative estimate of drug-likeness (QED) is 0.594. The number of halogens is 2. The maximum Gasteiger partial charge on any atom is 0.359 e. The van der Waals surface area contributed by atoms with Gasteiger partial charge in [0.05, 0.1) is 39.8 Å². The van der Waals surface area contributed by atoms with Gasteiger partial charge in [0.2, 0.25) is 0 Å². The number of anilines is 1. The van der Waals surface area contributed by atoms with Crippen LogP contribution in [0, 0.1) is 12.7 Å². The van der Waals surface area contributed by atoms with E-state index in [4.69, 9.17) is 4.74 Å². The van der Waals surface area contributed by atoms with Gasteiger partial charge in [0.15, 0.2) is 11.6 Å². The molecule has 1 fully saturated rings. The lowest BCUT2D eigenvalue weighted by molar-refractivity contribution is 0.204. The van der Waals surface area contributed by atoms with E-state index in [1.54, 1.807) is 13.0 Å². The van der Waals surface area contributed by atoms with Gasteiger partial charge < -0.3 is 14.5 Å². The van der Waals surface area contributed by atoms with Crippen LogP contribution in [0.1, 0.15) is 5.56 Å². The zero-order chi connectivity index (χ0) is 16.3. The lowest BCUT2D eigenvalue weighted by atomic mass is 10.1. The molecule has 0 spiro atoms. The molecule has 0 bridgehead atoms. The molecule has 122 valence electrons. The molecule has 6 nitrogen and oxygen atoms in total. The minimum absolute atomic E-state index is 0.0565. The first kappa shape index (κ1) is 15.1. The van der Waals surface area contributed by atoms with Crippen molar-refractivity contribution in [1.82, 2.24) is 12.7 Å². The van der Waals surface area contributed by atoms with Gasteiger partial charge in [0.25, 0.3) is 0 Å². The summed E-state index contributed by atoms with van der Waals surface area (Å²) in [5.41, 5.74) is 0.769. The monoisotopic (exact) mass is 430 g/mol. The van der Waals surface area contributed by atoms with Crippen LogP contribution < -0.4 is 15.3 Å². The number of rotatable bonds is 0. The van der Waals surface area contributed by atoms with Crippen LogP contribution in [0.5, 0.6) is 5.75 Å². The molecule has 4 rings (SSSR count). The molecule has 1 aromatic heterocycles. The van der Waals surface area contributed by atoms with Crippen molar-refractivity contribution in [3.63, 3.8) is 0 Å². The van der Waals surface area contributed by atoms with Crippen LogP contribution in [-0.4, -0.2) is 52.0 Å². The molecule has 2 aliphatic rings. The molecule has 1 unspecified atom stereocenters. The van der Waals surface area contributed by atoms with Gasteiger partial charge in [-0.3, -0.25) is 0 Å². The summed E-state index contributed by atoms with van der Waals surface area (Å²) < 4.78 is 21.9. The first-order chi connectivity index (χ1) is 11.0. The van der Waals surface area contributed by atoms with Crippen molar-refractivity contribution >= 4 is 39.6 Å². The Morgan fingerprint density at radius 3 is 3.00 bits per heavy atom. The highest BCUT2D eigenvalue weighted by Gasteiger charge is 2.34. The van der Waals surface area contributed by atoms with Gasteiger partial charge >= 0.3 is 5.69 Å². The van der Waals surface area contributed by atoms with E-state index in [9.17, 15) is 9.18 Å². The second-order valence-electron chi connectivity index (χ2n) is 6.15. The van der Waals surface area contributed by atoms with Crippen LogP contribution in [0.2, 0.25) is 0 Å². The molecular formula is C15H16FIN4O2. The number of piperazine rings is 1. The zero-order valence-corrected chi connectivity index (χ0v) is 15.0. The van der Waals surface area contributed by atoms with Gasteiger partial charge in [-0.05, 0) is 25.6 Å². The highest BCUT2D eigenvalue weighted by Crippen LogP contribution is 2.39. The molecule has 23 heavy (non-hydrogen) atoms. The fourth-order valence-corrected chi connectivity index (χ4v) is 3.85. The van der Waals surface area contributed by atoms with E-state index in [0.717, 1.165) is 19.6 Å². The van der Waals surface area contributed by atoms with Gasteiger partial charge in [-0.25, -0.2) is 12.0 Å². The maximum absolute atomic E-state index is 14.6. The van der Waals surface area contributed by atoms with Gasteiger partial charge in [-0.1, -0.05) is 0 Å². The molecule has 1 saturated heterocycles. The summed E-state index contributed by atoms with van der Waals surface area (Å²) in [5, 5.41) is 0.592. The summed E-state index contributed by atoms with van der Waals surface area (Å²) in [7, 11) is 2.05. The van der Waals surface area contributed by atoms with Crippen molar-refractivity contribution in [1.29, 1.82) is 0 Å². The highest BCUT2D eigenvalue weighted by molar-refractivity contribution is 14.1. The topological polar surface area (TPSA) is 50.6 Å².